The Kier molecular flexibility index (Phi) is 5.10. The number of benzene rings is 2. The number of hydrogen-bond donors (Lipinski definition) is 2. The van der Waals surface area contributed by atoms with Crippen LogP contribution in [0.1, 0.15) is 35.8 Å². The number of rotatable bonds is 6. The molecule has 4 rings (SSSR count). The van der Waals surface area contributed by atoms with Gasteiger partial charge in [0, 0.05) is 31.1 Å². The molecular formula is C23H23N5O2. The molecule has 0 spiro atoms. The highest BCUT2D eigenvalue weighted by Crippen LogP contribution is 2.28. The molecule has 0 fully saturated rings. The predicted molar refractivity (Wildman–Crippen MR) is 117 cm³/mol. The summed E-state index contributed by atoms with van der Waals surface area (Å²) in [6, 6.07) is 17.2. The summed E-state index contributed by atoms with van der Waals surface area (Å²) in [6.45, 7) is 4.35. The minimum atomic E-state index is -0.599. The SMILES string of the molecule is CC(C)c1ccc(Nc2nc3cc(Oc4ccnc(C(N)=O)c4)ccc3n2C)cc1. The Labute approximate surface area is 174 Å². The Bertz CT molecular complexity index is 1210. The van der Waals surface area contributed by atoms with Crippen molar-refractivity contribution in [2.75, 3.05) is 5.32 Å². The van der Waals surface area contributed by atoms with Crippen LogP contribution < -0.4 is 15.8 Å². The standard InChI is InChI=1S/C23H23N5O2/c1-14(2)15-4-6-16(7-5-15)26-23-27-19-12-17(8-9-21(19)28(23)3)30-18-10-11-25-20(13-18)22(24)29/h4-14H,1-3H3,(H2,24,29)(H,26,27). The molecular weight excluding hydrogens is 378 g/mol. The number of imidazole rings is 1. The number of hydrogen-bond acceptors (Lipinski definition) is 5. The summed E-state index contributed by atoms with van der Waals surface area (Å²) >= 11 is 0. The highest BCUT2D eigenvalue weighted by atomic mass is 16.5. The first-order valence-electron chi connectivity index (χ1n) is 9.68. The van der Waals surface area contributed by atoms with E-state index >= 15 is 0 Å². The summed E-state index contributed by atoms with van der Waals surface area (Å²) in [4.78, 5) is 19.9. The van der Waals surface area contributed by atoms with E-state index < -0.39 is 5.91 Å². The smallest absolute Gasteiger partial charge is 0.267 e. The highest BCUT2D eigenvalue weighted by molar-refractivity contribution is 5.91. The normalized spacial score (nSPS) is 11.1. The van der Waals surface area contributed by atoms with Crippen LogP contribution in [-0.2, 0) is 7.05 Å². The van der Waals surface area contributed by atoms with E-state index in [0.29, 0.717) is 17.4 Å². The molecule has 0 saturated heterocycles. The topological polar surface area (TPSA) is 95.1 Å². The maximum atomic E-state index is 11.3. The summed E-state index contributed by atoms with van der Waals surface area (Å²) in [7, 11) is 1.96. The Balaban J connectivity index is 1.58. The van der Waals surface area contributed by atoms with Gasteiger partial charge in [0.1, 0.15) is 17.2 Å². The van der Waals surface area contributed by atoms with E-state index in [1.54, 1.807) is 6.07 Å². The molecule has 3 N–H and O–H groups in total. The van der Waals surface area contributed by atoms with E-state index in [1.165, 1.54) is 17.8 Å². The number of pyridine rings is 1. The number of carbonyl (C=O) groups excluding carboxylic acids is 1. The number of ether oxygens (including phenoxy) is 1. The summed E-state index contributed by atoms with van der Waals surface area (Å²) in [5.41, 5.74) is 9.47. The van der Waals surface area contributed by atoms with Crippen molar-refractivity contribution in [3.8, 4) is 11.5 Å². The fourth-order valence-electron chi connectivity index (χ4n) is 3.18. The fourth-order valence-corrected chi connectivity index (χ4v) is 3.18. The molecule has 7 heteroatoms. The van der Waals surface area contributed by atoms with E-state index in [9.17, 15) is 4.79 Å². The van der Waals surface area contributed by atoms with Crippen LogP contribution in [0.15, 0.2) is 60.8 Å². The molecule has 7 nitrogen and oxygen atoms in total. The third-order valence-electron chi connectivity index (χ3n) is 4.91. The quantitative estimate of drug-likeness (QED) is 0.487. The zero-order valence-corrected chi connectivity index (χ0v) is 17.1. The highest BCUT2D eigenvalue weighted by Gasteiger charge is 2.11. The van der Waals surface area contributed by atoms with Gasteiger partial charge in [0.25, 0.3) is 5.91 Å². The van der Waals surface area contributed by atoms with Gasteiger partial charge < -0.3 is 20.4 Å². The first-order chi connectivity index (χ1) is 14.4. The Hall–Kier alpha value is -3.87. The zero-order chi connectivity index (χ0) is 21.3. The second-order valence-electron chi connectivity index (χ2n) is 7.39. The van der Waals surface area contributed by atoms with Gasteiger partial charge >= 0.3 is 0 Å². The minimum absolute atomic E-state index is 0.154. The number of fused-ring (bicyclic) bond motifs is 1. The van der Waals surface area contributed by atoms with Gasteiger partial charge in [-0.25, -0.2) is 4.98 Å². The van der Waals surface area contributed by atoms with Crippen molar-refractivity contribution in [1.82, 2.24) is 14.5 Å². The van der Waals surface area contributed by atoms with Gasteiger partial charge in [-0.3, -0.25) is 9.78 Å². The van der Waals surface area contributed by atoms with Crippen LogP contribution in [0.4, 0.5) is 11.6 Å². The van der Waals surface area contributed by atoms with Gasteiger partial charge in [-0.05, 0) is 41.8 Å². The van der Waals surface area contributed by atoms with Gasteiger partial charge in [-0.15, -0.1) is 0 Å². The molecule has 152 valence electrons. The van der Waals surface area contributed by atoms with E-state index in [4.69, 9.17) is 15.5 Å². The lowest BCUT2D eigenvalue weighted by atomic mass is 10.0. The first-order valence-corrected chi connectivity index (χ1v) is 9.68. The Morgan fingerprint density at radius 1 is 1.07 bits per heavy atom. The number of primary amides is 1. The Morgan fingerprint density at radius 2 is 1.80 bits per heavy atom. The van der Waals surface area contributed by atoms with Gasteiger partial charge in [0.15, 0.2) is 0 Å². The van der Waals surface area contributed by atoms with Crippen molar-refractivity contribution >= 4 is 28.6 Å². The average molecular weight is 401 g/mol. The van der Waals surface area contributed by atoms with E-state index in [1.807, 2.05) is 29.8 Å². The van der Waals surface area contributed by atoms with E-state index in [2.05, 4.69) is 48.4 Å². The maximum Gasteiger partial charge on any atom is 0.267 e. The number of nitrogens with one attached hydrogen (secondary N) is 1. The monoisotopic (exact) mass is 401 g/mol. The minimum Gasteiger partial charge on any atom is -0.457 e. The van der Waals surface area contributed by atoms with Crippen LogP contribution in [0.2, 0.25) is 0 Å². The number of aromatic nitrogens is 3. The molecule has 1 amide bonds. The lowest BCUT2D eigenvalue weighted by molar-refractivity contribution is 0.0995. The van der Waals surface area contributed by atoms with Crippen molar-refractivity contribution in [2.45, 2.75) is 19.8 Å². The van der Waals surface area contributed by atoms with Crippen molar-refractivity contribution < 1.29 is 9.53 Å². The molecule has 0 aliphatic heterocycles. The number of nitrogens with zero attached hydrogens (tertiary/aromatic N) is 3. The lowest BCUT2D eigenvalue weighted by Crippen LogP contribution is -2.12. The summed E-state index contributed by atoms with van der Waals surface area (Å²) in [5, 5.41) is 3.37. The van der Waals surface area contributed by atoms with E-state index in [-0.39, 0.29) is 5.69 Å². The number of anilines is 2. The van der Waals surface area contributed by atoms with Gasteiger partial charge in [0.05, 0.1) is 11.0 Å². The van der Waals surface area contributed by atoms with Crippen molar-refractivity contribution in [3.63, 3.8) is 0 Å². The second-order valence-corrected chi connectivity index (χ2v) is 7.39. The number of carbonyl (C=O) groups is 1. The molecule has 2 aromatic heterocycles. The summed E-state index contributed by atoms with van der Waals surface area (Å²) in [6.07, 6.45) is 1.49. The number of nitrogens with two attached hydrogens (primary N) is 1. The van der Waals surface area contributed by atoms with Crippen LogP contribution in [0.25, 0.3) is 11.0 Å². The van der Waals surface area contributed by atoms with Crippen molar-refractivity contribution in [2.24, 2.45) is 12.8 Å². The van der Waals surface area contributed by atoms with Gasteiger partial charge in [0.2, 0.25) is 5.95 Å². The summed E-state index contributed by atoms with van der Waals surface area (Å²) in [5.74, 6) is 1.72. The van der Waals surface area contributed by atoms with Crippen LogP contribution in [0.5, 0.6) is 11.5 Å². The van der Waals surface area contributed by atoms with Crippen molar-refractivity contribution in [3.05, 3.63) is 72.1 Å². The van der Waals surface area contributed by atoms with Gasteiger partial charge in [-0.1, -0.05) is 26.0 Å². The number of aryl methyl sites for hydroxylation is 1. The molecule has 2 heterocycles. The molecule has 0 aliphatic rings. The Morgan fingerprint density at radius 3 is 2.50 bits per heavy atom. The predicted octanol–water partition coefficient (Wildman–Crippen LogP) is 4.73. The molecule has 0 saturated carbocycles. The zero-order valence-electron chi connectivity index (χ0n) is 17.1. The number of amides is 1. The third-order valence-corrected chi connectivity index (χ3v) is 4.91. The molecule has 4 aromatic rings. The molecule has 2 aromatic carbocycles. The molecule has 0 atom stereocenters. The third kappa shape index (κ3) is 3.96. The molecule has 30 heavy (non-hydrogen) atoms. The average Bonchev–Trinajstić information content (AvgIpc) is 3.03. The van der Waals surface area contributed by atoms with Crippen LogP contribution >= 0.6 is 0 Å². The fraction of sp³-hybridized carbons (Fsp3) is 0.174. The molecule has 0 bridgehead atoms. The molecule has 0 radical (unpaired) electrons. The van der Waals surface area contributed by atoms with Crippen LogP contribution in [0, 0.1) is 0 Å². The maximum absolute atomic E-state index is 11.3. The largest absolute Gasteiger partial charge is 0.457 e. The first kappa shape index (κ1) is 19.4. The van der Waals surface area contributed by atoms with Crippen molar-refractivity contribution in [1.29, 1.82) is 0 Å². The van der Waals surface area contributed by atoms with Crippen LogP contribution in [-0.4, -0.2) is 20.4 Å². The van der Waals surface area contributed by atoms with E-state index in [0.717, 1.165) is 22.7 Å². The second kappa shape index (κ2) is 7.87. The molecule has 0 aliphatic carbocycles. The summed E-state index contributed by atoms with van der Waals surface area (Å²) < 4.78 is 7.86. The van der Waals surface area contributed by atoms with Crippen LogP contribution in [0.3, 0.4) is 0 Å². The lowest BCUT2D eigenvalue weighted by Gasteiger charge is -2.09. The van der Waals surface area contributed by atoms with Gasteiger partial charge in [-0.2, -0.15) is 0 Å². The molecule has 0 unspecified atom stereocenters.